The van der Waals surface area contributed by atoms with Crippen LogP contribution in [0.1, 0.15) is 41.6 Å². The van der Waals surface area contributed by atoms with E-state index in [4.69, 9.17) is 5.73 Å². The Morgan fingerprint density at radius 1 is 1.15 bits per heavy atom. The SMILES string of the molecule is Cl.NC1CCCN(C(=O)c2cc(N3CCCC3=O)cc(C(F)(F)F)c2)C1. The largest absolute Gasteiger partial charge is 0.416 e. The third kappa shape index (κ3) is 4.29. The predicted molar refractivity (Wildman–Crippen MR) is 93.4 cm³/mol. The smallest absolute Gasteiger partial charge is 0.337 e. The number of carbonyl (C=O) groups excluding carboxylic acids is 2. The van der Waals surface area contributed by atoms with E-state index in [-0.39, 0.29) is 35.6 Å². The van der Waals surface area contributed by atoms with Crippen LogP contribution in [0.15, 0.2) is 18.2 Å². The van der Waals surface area contributed by atoms with Crippen LogP contribution in [0.4, 0.5) is 18.9 Å². The van der Waals surface area contributed by atoms with E-state index < -0.39 is 17.6 Å². The van der Waals surface area contributed by atoms with Gasteiger partial charge in [-0.15, -0.1) is 12.4 Å². The number of carbonyl (C=O) groups is 2. The molecule has 1 aromatic carbocycles. The molecule has 5 nitrogen and oxygen atoms in total. The topological polar surface area (TPSA) is 66.6 Å². The molecule has 2 aliphatic heterocycles. The van der Waals surface area contributed by atoms with E-state index in [0.29, 0.717) is 32.5 Å². The first-order valence-electron chi connectivity index (χ1n) is 8.33. The van der Waals surface area contributed by atoms with E-state index in [2.05, 4.69) is 0 Å². The van der Waals surface area contributed by atoms with Crippen LogP contribution in [0.5, 0.6) is 0 Å². The second-order valence-corrected chi connectivity index (χ2v) is 6.57. The monoisotopic (exact) mass is 391 g/mol. The van der Waals surface area contributed by atoms with E-state index in [1.165, 1.54) is 15.9 Å². The maximum absolute atomic E-state index is 13.3. The van der Waals surface area contributed by atoms with Crippen molar-refractivity contribution >= 4 is 29.9 Å². The summed E-state index contributed by atoms with van der Waals surface area (Å²) in [6.07, 6.45) is -2.17. The normalized spacial score (nSPS) is 20.9. The van der Waals surface area contributed by atoms with Crippen LogP contribution in [0, 0.1) is 0 Å². The molecule has 0 spiro atoms. The van der Waals surface area contributed by atoms with Crippen molar-refractivity contribution in [1.82, 2.24) is 4.90 Å². The van der Waals surface area contributed by atoms with Gasteiger partial charge in [0, 0.05) is 43.3 Å². The van der Waals surface area contributed by atoms with Crippen molar-refractivity contribution in [3.8, 4) is 0 Å². The quantitative estimate of drug-likeness (QED) is 0.843. The van der Waals surface area contributed by atoms with Gasteiger partial charge in [-0.2, -0.15) is 13.2 Å². The lowest BCUT2D eigenvalue weighted by Crippen LogP contribution is -2.45. The van der Waals surface area contributed by atoms with Gasteiger partial charge >= 0.3 is 6.18 Å². The van der Waals surface area contributed by atoms with Crippen LogP contribution in [-0.2, 0) is 11.0 Å². The van der Waals surface area contributed by atoms with Crippen LogP contribution in [0.25, 0.3) is 0 Å². The van der Waals surface area contributed by atoms with Gasteiger partial charge in [-0.1, -0.05) is 0 Å². The van der Waals surface area contributed by atoms with Gasteiger partial charge in [-0.3, -0.25) is 9.59 Å². The summed E-state index contributed by atoms with van der Waals surface area (Å²) >= 11 is 0. The fraction of sp³-hybridized carbons (Fsp3) is 0.529. The van der Waals surface area contributed by atoms with Gasteiger partial charge in [0.05, 0.1) is 5.56 Å². The molecule has 0 aliphatic carbocycles. The second kappa shape index (κ2) is 7.84. The molecular formula is C17H21ClF3N3O2. The minimum absolute atomic E-state index is 0. The fourth-order valence-corrected chi connectivity index (χ4v) is 3.35. The number of rotatable bonds is 2. The van der Waals surface area contributed by atoms with Crippen LogP contribution in [-0.4, -0.2) is 42.4 Å². The number of nitrogens with two attached hydrogens (primary N) is 1. The van der Waals surface area contributed by atoms with Crippen molar-refractivity contribution in [3.63, 3.8) is 0 Å². The molecule has 3 rings (SSSR count). The average molecular weight is 392 g/mol. The number of hydrogen-bond donors (Lipinski definition) is 1. The van der Waals surface area contributed by atoms with Crippen LogP contribution < -0.4 is 10.6 Å². The average Bonchev–Trinajstić information content (AvgIpc) is 2.99. The highest BCUT2D eigenvalue weighted by Crippen LogP contribution is 2.34. The molecule has 0 bridgehead atoms. The zero-order valence-corrected chi connectivity index (χ0v) is 14.9. The van der Waals surface area contributed by atoms with Gasteiger partial charge in [0.25, 0.3) is 5.91 Å². The first kappa shape index (κ1) is 20.5. The molecule has 9 heteroatoms. The maximum atomic E-state index is 13.3. The molecule has 144 valence electrons. The van der Waals surface area contributed by atoms with Crippen molar-refractivity contribution in [3.05, 3.63) is 29.3 Å². The van der Waals surface area contributed by atoms with E-state index in [9.17, 15) is 22.8 Å². The molecule has 2 heterocycles. The van der Waals surface area contributed by atoms with E-state index in [0.717, 1.165) is 25.0 Å². The number of alkyl halides is 3. The summed E-state index contributed by atoms with van der Waals surface area (Å²) in [5.74, 6) is -0.702. The molecule has 0 aromatic heterocycles. The molecule has 0 radical (unpaired) electrons. The number of benzene rings is 1. The van der Waals surface area contributed by atoms with E-state index in [1.54, 1.807) is 0 Å². The fourth-order valence-electron chi connectivity index (χ4n) is 3.35. The first-order valence-corrected chi connectivity index (χ1v) is 8.33. The maximum Gasteiger partial charge on any atom is 0.416 e. The van der Waals surface area contributed by atoms with E-state index >= 15 is 0 Å². The number of amides is 2. The molecule has 2 saturated heterocycles. The number of nitrogens with zero attached hydrogens (tertiary/aromatic N) is 2. The Kier molecular flexibility index (Phi) is 6.18. The lowest BCUT2D eigenvalue weighted by molar-refractivity contribution is -0.137. The lowest BCUT2D eigenvalue weighted by Gasteiger charge is -2.31. The third-order valence-corrected chi connectivity index (χ3v) is 4.62. The van der Waals surface area contributed by atoms with Crippen LogP contribution in [0.3, 0.4) is 0 Å². The minimum atomic E-state index is -4.59. The van der Waals surface area contributed by atoms with Crippen LogP contribution >= 0.6 is 12.4 Å². The molecule has 2 N–H and O–H groups in total. The van der Waals surface area contributed by atoms with Gasteiger partial charge in [-0.25, -0.2) is 0 Å². The molecule has 1 aromatic rings. The summed E-state index contributed by atoms with van der Waals surface area (Å²) in [6, 6.07) is 3.00. The molecular weight excluding hydrogens is 371 g/mol. The minimum Gasteiger partial charge on any atom is -0.337 e. The Labute approximate surface area is 155 Å². The Hall–Kier alpha value is -1.80. The van der Waals surface area contributed by atoms with Gasteiger partial charge in [0.1, 0.15) is 0 Å². The zero-order chi connectivity index (χ0) is 18.2. The van der Waals surface area contributed by atoms with Crippen molar-refractivity contribution in [1.29, 1.82) is 0 Å². The Balaban J connectivity index is 0.00000243. The number of halogens is 4. The molecule has 2 amide bonds. The van der Waals surface area contributed by atoms with Gasteiger partial charge in [0.15, 0.2) is 0 Å². The summed E-state index contributed by atoms with van der Waals surface area (Å²) in [4.78, 5) is 27.4. The summed E-state index contributed by atoms with van der Waals surface area (Å²) < 4.78 is 39.8. The highest BCUT2D eigenvalue weighted by Gasteiger charge is 2.34. The molecule has 0 saturated carbocycles. The highest BCUT2D eigenvalue weighted by molar-refractivity contribution is 5.99. The molecule has 2 aliphatic rings. The van der Waals surface area contributed by atoms with Crippen molar-refractivity contribution in [2.75, 3.05) is 24.5 Å². The molecule has 2 fully saturated rings. The third-order valence-electron chi connectivity index (χ3n) is 4.62. The number of piperidine rings is 1. The second-order valence-electron chi connectivity index (χ2n) is 6.57. The standard InChI is InChI=1S/C17H20F3N3O2.ClH/c18-17(19,20)12-7-11(16(25)22-5-1-3-13(21)10-22)8-14(9-12)23-6-2-4-15(23)24;/h7-9,13H,1-6,10,21H2;1H. The summed E-state index contributed by atoms with van der Waals surface area (Å²) in [6.45, 7) is 1.16. The Morgan fingerprint density at radius 2 is 1.88 bits per heavy atom. The first-order chi connectivity index (χ1) is 11.8. The predicted octanol–water partition coefficient (Wildman–Crippen LogP) is 2.82. The Bertz CT molecular complexity index is 696. The van der Waals surface area contributed by atoms with Crippen molar-refractivity contribution < 1.29 is 22.8 Å². The van der Waals surface area contributed by atoms with Gasteiger partial charge < -0.3 is 15.5 Å². The Morgan fingerprint density at radius 3 is 2.46 bits per heavy atom. The summed E-state index contributed by atoms with van der Waals surface area (Å²) in [5, 5.41) is 0. The molecule has 26 heavy (non-hydrogen) atoms. The lowest BCUT2D eigenvalue weighted by atomic mass is 10.0. The zero-order valence-electron chi connectivity index (χ0n) is 14.1. The number of likely N-dealkylation sites (tertiary alicyclic amines) is 1. The van der Waals surface area contributed by atoms with Crippen molar-refractivity contribution in [2.45, 2.75) is 37.9 Å². The summed E-state index contributed by atoms with van der Waals surface area (Å²) in [5.41, 5.74) is 5.01. The van der Waals surface area contributed by atoms with E-state index in [1.807, 2.05) is 0 Å². The number of hydrogen-bond acceptors (Lipinski definition) is 3. The summed E-state index contributed by atoms with van der Waals surface area (Å²) in [7, 11) is 0. The van der Waals surface area contributed by atoms with Gasteiger partial charge in [0.2, 0.25) is 5.91 Å². The molecule has 1 atom stereocenters. The highest BCUT2D eigenvalue weighted by atomic mass is 35.5. The number of anilines is 1. The van der Waals surface area contributed by atoms with Crippen molar-refractivity contribution in [2.24, 2.45) is 5.73 Å². The van der Waals surface area contributed by atoms with Crippen LogP contribution in [0.2, 0.25) is 0 Å². The van der Waals surface area contributed by atoms with Gasteiger partial charge in [-0.05, 0) is 37.5 Å². The molecule has 1 unspecified atom stereocenters.